The third-order valence-corrected chi connectivity index (χ3v) is 8.97. The number of ether oxygens (including phenoxy) is 1. The van der Waals surface area contributed by atoms with E-state index in [0.29, 0.717) is 23.6 Å². The molecular weight excluding hydrogens is 545 g/mol. The Morgan fingerprint density at radius 1 is 0.976 bits per heavy atom. The van der Waals surface area contributed by atoms with Crippen molar-refractivity contribution in [1.29, 1.82) is 0 Å². The fraction of sp³-hybridized carbons (Fsp3) is 0.355. The number of carbonyl (C=O) groups excluding carboxylic acids is 2. The number of carbonyl (C=O) groups is 2. The third kappa shape index (κ3) is 7.64. The van der Waals surface area contributed by atoms with Crippen LogP contribution >= 0.6 is 0 Å². The van der Waals surface area contributed by atoms with Gasteiger partial charge in [0.05, 0.1) is 17.2 Å². The Balaban J connectivity index is 1.65. The molecule has 0 spiro atoms. The zero-order valence-corrected chi connectivity index (χ0v) is 24.1. The van der Waals surface area contributed by atoms with Gasteiger partial charge >= 0.3 is 0 Å². The number of amides is 2. The number of hydrogen-bond donors (Lipinski definition) is 1. The van der Waals surface area contributed by atoms with Gasteiger partial charge in [0, 0.05) is 12.6 Å². The second-order valence-electron chi connectivity index (χ2n) is 10.1. The van der Waals surface area contributed by atoms with Gasteiger partial charge in [-0.1, -0.05) is 43.2 Å². The Labute approximate surface area is 241 Å². The summed E-state index contributed by atoms with van der Waals surface area (Å²) in [6.07, 6.45) is 3.83. The Bertz CT molecular complexity index is 1410. The van der Waals surface area contributed by atoms with Crippen LogP contribution < -0.4 is 14.4 Å². The van der Waals surface area contributed by atoms with E-state index in [-0.39, 0.29) is 23.4 Å². The molecule has 0 radical (unpaired) electrons. The number of anilines is 1. The molecule has 0 unspecified atom stereocenters. The predicted octanol–water partition coefficient (Wildman–Crippen LogP) is 4.90. The van der Waals surface area contributed by atoms with Gasteiger partial charge in [0.15, 0.2) is 0 Å². The number of para-hydroxylation sites is 1. The van der Waals surface area contributed by atoms with Gasteiger partial charge < -0.3 is 15.0 Å². The molecule has 10 heteroatoms. The highest BCUT2D eigenvalue weighted by atomic mass is 32.2. The Hall–Kier alpha value is -3.92. The monoisotopic (exact) mass is 581 g/mol. The van der Waals surface area contributed by atoms with E-state index in [1.165, 1.54) is 29.2 Å². The highest BCUT2D eigenvalue weighted by Crippen LogP contribution is 2.26. The summed E-state index contributed by atoms with van der Waals surface area (Å²) in [7, 11) is -4.18. The van der Waals surface area contributed by atoms with Crippen LogP contribution in [0.2, 0.25) is 0 Å². The molecule has 218 valence electrons. The van der Waals surface area contributed by atoms with Crippen LogP contribution in [0.1, 0.15) is 45.1 Å². The Morgan fingerprint density at radius 2 is 1.61 bits per heavy atom. The molecule has 1 aliphatic carbocycles. The van der Waals surface area contributed by atoms with Crippen molar-refractivity contribution in [3.8, 4) is 5.75 Å². The molecule has 1 aliphatic rings. The number of rotatable bonds is 12. The van der Waals surface area contributed by atoms with E-state index in [1.807, 2.05) is 6.92 Å². The maximum atomic E-state index is 13.9. The molecule has 8 nitrogen and oxygen atoms in total. The molecule has 4 rings (SSSR count). The van der Waals surface area contributed by atoms with Crippen LogP contribution in [0.25, 0.3) is 0 Å². The number of hydrogen-bond acceptors (Lipinski definition) is 5. The minimum absolute atomic E-state index is 0.00407. The highest BCUT2D eigenvalue weighted by Gasteiger charge is 2.33. The molecule has 1 saturated carbocycles. The van der Waals surface area contributed by atoms with Crippen molar-refractivity contribution < 1.29 is 27.1 Å². The topological polar surface area (TPSA) is 96.0 Å². The summed E-state index contributed by atoms with van der Waals surface area (Å²) in [5.74, 6) is -0.772. The molecule has 3 aromatic carbocycles. The normalized spacial score (nSPS) is 14.3. The van der Waals surface area contributed by atoms with E-state index in [4.69, 9.17) is 4.74 Å². The first-order chi connectivity index (χ1) is 19.7. The summed E-state index contributed by atoms with van der Waals surface area (Å²) in [6.45, 7) is 3.36. The number of sulfonamides is 1. The third-order valence-electron chi connectivity index (χ3n) is 7.18. The molecule has 0 aromatic heterocycles. The maximum Gasteiger partial charge on any atom is 0.264 e. The molecule has 1 fully saturated rings. The van der Waals surface area contributed by atoms with Crippen molar-refractivity contribution in [1.82, 2.24) is 10.2 Å². The average molecular weight is 582 g/mol. The lowest BCUT2D eigenvalue weighted by atomic mass is 10.1. The Morgan fingerprint density at radius 3 is 2.22 bits per heavy atom. The van der Waals surface area contributed by atoms with Crippen LogP contribution in [0.15, 0.2) is 83.8 Å². The maximum absolute atomic E-state index is 13.9. The van der Waals surface area contributed by atoms with Crippen LogP contribution in [0, 0.1) is 5.82 Å². The number of benzene rings is 3. The van der Waals surface area contributed by atoms with Gasteiger partial charge in [-0.3, -0.25) is 13.9 Å². The number of halogens is 1. The fourth-order valence-electron chi connectivity index (χ4n) is 4.89. The largest absolute Gasteiger partial charge is 0.494 e. The van der Waals surface area contributed by atoms with E-state index < -0.39 is 34.3 Å². The van der Waals surface area contributed by atoms with Crippen molar-refractivity contribution >= 4 is 27.5 Å². The molecule has 2 amide bonds. The van der Waals surface area contributed by atoms with Crippen molar-refractivity contribution in [2.45, 2.75) is 63.1 Å². The van der Waals surface area contributed by atoms with E-state index in [2.05, 4.69) is 5.32 Å². The average Bonchev–Trinajstić information content (AvgIpc) is 3.49. The van der Waals surface area contributed by atoms with Gasteiger partial charge in [0.2, 0.25) is 11.8 Å². The van der Waals surface area contributed by atoms with Gasteiger partial charge in [-0.25, -0.2) is 12.8 Å². The summed E-state index contributed by atoms with van der Waals surface area (Å²) in [5.41, 5.74) is 0.917. The summed E-state index contributed by atoms with van der Waals surface area (Å²) >= 11 is 0. The molecule has 0 aliphatic heterocycles. The molecule has 1 atom stereocenters. The van der Waals surface area contributed by atoms with E-state index in [9.17, 15) is 22.4 Å². The lowest BCUT2D eigenvalue weighted by molar-refractivity contribution is -0.139. The molecule has 41 heavy (non-hydrogen) atoms. The van der Waals surface area contributed by atoms with E-state index in [1.54, 1.807) is 61.5 Å². The van der Waals surface area contributed by atoms with Gasteiger partial charge in [-0.2, -0.15) is 0 Å². The van der Waals surface area contributed by atoms with Crippen LogP contribution in [-0.2, 0) is 26.2 Å². The van der Waals surface area contributed by atoms with Crippen molar-refractivity contribution in [2.24, 2.45) is 0 Å². The van der Waals surface area contributed by atoms with Crippen LogP contribution in [0.3, 0.4) is 0 Å². The zero-order valence-electron chi connectivity index (χ0n) is 23.3. The lowest BCUT2D eigenvalue weighted by Crippen LogP contribution is -2.52. The first-order valence-electron chi connectivity index (χ1n) is 13.8. The first-order valence-corrected chi connectivity index (χ1v) is 15.3. The highest BCUT2D eigenvalue weighted by molar-refractivity contribution is 7.92. The molecular formula is C31H36FN3O5S. The number of nitrogens with zero attached hydrogens (tertiary/aromatic N) is 2. The van der Waals surface area contributed by atoms with Crippen LogP contribution in [0.4, 0.5) is 10.1 Å². The van der Waals surface area contributed by atoms with Gasteiger partial charge in [-0.15, -0.1) is 0 Å². The smallest absolute Gasteiger partial charge is 0.264 e. The minimum Gasteiger partial charge on any atom is -0.494 e. The minimum atomic E-state index is -4.18. The van der Waals surface area contributed by atoms with Gasteiger partial charge in [-0.05, 0) is 80.8 Å². The summed E-state index contributed by atoms with van der Waals surface area (Å²) in [4.78, 5) is 28.5. The van der Waals surface area contributed by atoms with Gasteiger partial charge in [0.1, 0.15) is 24.2 Å². The molecule has 3 aromatic rings. The van der Waals surface area contributed by atoms with E-state index >= 15 is 0 Å². The summed E-state index contributed by atoms with van der Waals surface area (Å²) < 4.78 is 47.8. The van der Waals surface area contributed by atoms with Crippen LogP contribution in [0.5, 0.6) is 5.75 Å². The zero-order chi connectivity index (χ0) is 29.4. The number of nitrogens with one attached hydrogen (secondary N) is 1. The van der Waals surface area contributed by atoms with Crippen molar-refractivity contribution in [3.05, 3.63) is 90.2 Å². The fourth-order valence-corrected chi connectivity index (χ4v) is 6.30. The van der Waals surface area contributed by atoms with Crippen LogP contribution in [-0.4, -0.2) is 50.4 Å². The Kier molecular flexibility index (Phi) is 9.99. The second-order valence-corrected chi connectivity index (χ2v) is 11.9. The molecule has 0 heterocycles. The molecule has 1 N–H and O–H groups in total. The van der Waals surface area contributed by atoms with Crippen molar-refractivity contribution in [2.75, 3.05) is 17.5 Å². The van der Waals surface area contributed by atoms with Gasteiger partial charge in [0.25, 0.3) is 10.0 Å². The molecule has 0 saturated heterocycles. The quantitative estimate of drug-likeness (QED) is 0.329. The van der Waals surface area contributed by atoms with E-state index in [0.717, 1.165) is 30.0 Å². The SMILES string of the molecule is CCOc1ccc(S(=O)(=O)N(CC(=O)N(Cc2ccc(F)cc2)[C@H](C)C(=O)NC2CCCC2)c2ccccc2)cc1. The second kappa shape index (κ2) is 13.6. The van der Waals surface area contributed by atoms with Crippen molar-refractivity contribution in [3.63, 3.8) is 0 Å². The predicted molar refractivity (Wildman–Crippen MR) is 155 cm³/mol. The lowest BCUT2D eigenvalue weighted by Gasteiger charge is -2.32. The summed E-state index contributed by atoms with van der Waals surface area (Å²) in [5, 5.41) is 3.03. The standard InChI is InChI=1S/C31H36FN3O5S/c1-3-40-28-17-19-29(20-18-28)41(38,39)35(27-11-5-4-6-12-27)22-30(36)34(21-24-13-15-25(32)16-14-24)23(2)31(37)33-26-9-7-8-10-26/h4-6,11-20,23,26H,3,7-10,21-22H2,1-2H3,(H,33,37)/t23-/m1/s1. The summed E-state index contributed by atoms with van der Waals surface area (Å²) in [6, 6.07) is 19.2. The first kappa shape index (κ1) is 30.0. The molecule has 0 bridgehead atoms.